The van der Waals surface area contributed by atoms with Crippen molar-refractivity contribution < 1.29 is 4.21 Å². The monoisotopic (exact) mass is 313 g/mol. The second-order valence-corrected chi connectivity index (χ2v) is 8.36. The number of hydrogen-bond donors (Lipinski definition) is 1. The highest BCUT2D eigenvalue weighted by molar-refractivity contribution is 7.84. The van der Waals surface area contributed by atoms with E-state index in [-0.39, 0.29) is 10.7 Å². The van der Waals surface area contributed by atoms with Gasteiger partial charge in [-0.1, -0.05) is 50.1 Å². The summed E-state index contributed by atoms with van der Waals surface area (Å²) in [5, 5.41) is 4.33. The van der Waals surface area contributed by atoms with Crippen LogP contribution in [0.25, 0.3) is 0 Å². The SMILES string of the molecule is CNC1C(S(=O)Cc2ccccc2Cl)CCCC1(C)C. The Kier molecular flexibility index (Phi) is 5.27. The van der Waals surface area contributed by atoms with Gasteiger partial charge in [0.15, 0.2) is 0 Å². The van der Waals surface area contributed by atoms with E-state index < -0.39 is 10.8 Å². The van der Waals surface area contributed by atoms with Gasteiger partial charge in [0.1, 0.15) is 0 Å². The Bertz CT molecular complexity index is 489. The third-order valence-corrected chi connectivity index (χ3v) is 6.58. The smallest absolute Gasteiger partial charge is 0.0509 e. The van der Waals surface area contributed by atoms with E-state index in [1.807, 2.05) is 31.3 Å². The van der Waals surface area contributed by atoms with E-state index in [1.54, 1.807) is 0 Å². The Labute approximate surface area is 129 Å². The Balaban J connectivity index is 2.14. The molecule has 1 aliphatic carbocycles. The lowest BCUT2D eigenvalue weighted by molar-refractivity contribution is 0.180. The maximum atomic E-state index is 12.8. The molecule has 0 aromatic heterocycles. The highest BCUT2D eigenvalue weighted by atomic mass is 35.5. The third-order valence-electron chi connectivity index (χ3n) is 4.43. The summed E-state index contributed by atoms with van der Waals surface area (Å²) >= 11 is 6.18. The molecule has 1 saturated carbocycles. The van der Waals surface area contributed by atoms with Crippen molar-refractivity contribution in [3.8, 4) is 0 Å². The quantitative estimate of drug-likeness (QED) is 0.917. The fourth-order valence-electron chi connectivity index (χ4n) is 3.32. The van der Waals surface area contributed by atoms with E-state index >= 15 is 0 Å². The zero-order valence-corrected chi connectivity index (χ0v) is 14.1. The van der Waals surface area contributed by atoms with Crippen LogP contribution < -0.4 is 5.32 Å². The van der Waals surface area contributed by atoms with Gasteiger partial charge >= 0.3 is 0 Å². The van der Waals surface area contributed by atoms with Crippen molar-refractivity contribution in [3.05, 3.63) is 34.9 Å². The molecule has 3 unspecified atom stereocenters. The first-order chi connectivity index (χ1) is 9.45. The summed E-state index contributed by atoms with van der Waals surface area (Å²) in [6.07, 6.45) is 3.38. The fraction of sp³-hybridized carbons (Fsp3) is 0.625. The summed E-state index contributed by atoms with van der Waals surface area (Å²) in [6.45, 7) is 4.54. The van der Waals surface area contributed by atoms with Crippen LogP contribution in [0.2, 0.25) is 5.02 Å². The average molecular weight is 314 g/mol. The molecule has 0 aliphatic heterocycles. The lowest BCUT2D eigenvalue weighted by atomic mass is 9.73. The van der Waals surface area contributed by atoms with Crippen molar-refractivity contribution >= 4 is 22.4 Å². The van der Waals surface area contributed by atoms with E-state index in [0.717, 1.165) is 23.4 Å². The second-order valence-electron chi connectivity index (χ2n) is 6.30. The van der Waals surface area contributed by atoms with E-state index in [1.165, 1.54) is 6.42 Å². The molecule has 0 heterocycles. The molecule has 4 heteroatoms. The molecule has 0 amide bonds. The minimum absolute atomic E-state index is 0.202. The summed E-state index contributed by atoms with van der Waals surface area (Å²) in [7, 11) is 1.09. The molecule has 1 N–H and O–H groups in total. The maximum absolute atomic E-state index is 12.8. The summed E-state index contributed by atoms with van der Waals surface area (Å²) in [5.41, 5.74) is 1.19. The fourth-order valence-corrected chi connectivity index (χ4v) is 5.61. The van der Waals surface area contributed by atoms with Gasteiger partial charge in [-0.25, -0.2) is 0 Å². The van der Waals surface area contributed by atoms with Gasteiger partial charge in [-0.15, -0.1) is 0 Å². The number of hydrogen-bond acceptors (Lipinski definition) is 2. The Hall–Kier alpha value is -0.380. The molecule has 1 fully saturated rings. The normalized spacial score (nSPS) is 27.2. The first kappa shape index (κ1) is 16.0. The van der Waals surface area contributed by atoms with E-state index in [9.17, 15) is 4.21 Å². The lowest BCUT2D eigenvalue weighted by Gasteiger charge is -2.43. The second kappa shape index (κ2) is 6.59. The molecule has 20 heavy (non-hydrogen) atoms. The molecule has 0 spiro atoms. The minimum Gasteiger partial charge on any atom is -0.315 e. The van der Waals surface area contributed by atoms with Crippen molar-refractivity contribution in [2.75, 3.05) is 7.05 Å². The van der Waals surface area contributed by atoms with Crippen LogP contribution in [0.1, 0.15) is 38.7 Å². The van der Waals surface area contributed by atoms with Gasteiger partial charge in [0, 0.05) is 21.9 Å². The Morgan fingerprint density at radius 2 is 2.10 bits per heavy atom. The standard InChI is InChI=1S/C16H24ClNOS/c1-16(2)10-6-9-14(15(16)18-3)20(19)11-12-7-4-5-8-13(12)17/h4-5,7-8,14-15,18H,6,9-11H2,1-3H3. The van der Waals surface area contributed by atoms with Gasteiger partial charge in [0.2, 0.25) is 0 Å². The van der Waals surface area contributed by atoms with Gasteiger partial charge in [0.05, 0.1) is 11.0 Å². The highest BCUT2D eigenvalue weighted by Crippen LogP contribution is 2.38. The molecule has 1 aromatic carbocycles. The Morgan fingerprint density at radius 3 is 2.75 bits per heavy atom. The number of nitrogens with one attached hydrogen (secondary N) is 1. The molecule has 1 aliphatic rings. The lowest BCUT2D eigenvalue weighted by Crippen LogP contribution is -2.52. The molecule has 2 nitrogen and oxygen atoms in total. The van der Waals surface area contributed by atoms with Crippen molar-refractivity contribution in [1.29, 1.82) is 0 Å². The molecule has 3 atom stereocenters. The number of rotatable bonds is 4. The summed E-state index contributed by atoms with van der Waals surface area (Å²) in [5.74, 6) is 0.554. The van der Waals surface area contributed by atoms with Crippen LogP contribution in [0.4, 0.5) is 0 Å². The zero-order chi connectivity index (χ0) is 14.8. The van der Waals surface area contributed by atoms with E-state index in [2.05, 4.69) is 19.2 Å². The van der Waals surface area contributed by atoms with Gasteiger partial charge < -0.3 is 5.32 Å². The maximum Gasteiger partial charge on any atom is 0.0509 e. The molecule has 2 rings (SSSR count). The molecule has 112 valence electrons. The van der Waals surface area contributed by atoms with Crippen LogP contribution in [-0.2, 0) is 16.6 Å². The van der Waals surface area contributed by atoms with Crippen LogP contribution in [0, 0.1) is 5.41 Å². The van der Waals surface area contributed by atoms with Gasteiger partial charge in [-0.3, -0.25) is 4.21 Å². The summed E-state index contributed by atoms with van der Waals surface area (Å²) in [4.78, 5) is 0. The predicted molar refractivity (Wildman–Crippen MR) is 87.6 cm³/mol. The molecule has 1 aromatic rings. The van der Waals surface area contributed by atoms with Crippen molar-refractivity contribution in [3.63, 3.8) is 0 Å². The largest absolute Gasteiger partial charge is 0.315 e. The van der Waals surface area contributed by atoms with Crippen LogP contribution in [0.5, 0.6) is 0 Å². The molecule has 0 radical (unpaired) electrons. The van der Waals surface area contributed by atoms with Gasteiger partial charge in [-0.2, -0.15) is 0 Å². The van der Waals surface area contributed by atoms with E-state index in [0.29, 0.717) is 11.8 Å². The molecule has 0 saturated heterocycles. The first-order valence-electron chi connectivity index (χ1n) is 7.23. The topological polar surface area (TPSA) is 29.1 Å². The minimum atomic E-state index is -0.891. The number of benzene rings is 1. The molecular weight excluding hydrogens is 290 g/mol. The molecule has 0 bridgehead atoms. The van der Waals surface area contributed by atoms with Crippen LogP contribution in [-0.4, -0.2) is 22.5 Å². The summed E-state index contributed by atoms with van der Waals surface area (Å²) in [6, 6.07) is 8.02. The van der Waals surface area contributed by atoms with Gasteiger partial charge in [-0.05, 0) is 36.9 Å². The van der Waals surface area contributed by atoms with Crippen molar-refractivity contribution in [2.24, 2.45) is 5.41 Å². The van der Waals surface area contributed by atoms with Crippen LogP contribution in [0.15, 0.2) is 24.3 Å². The Morgan fingerprint density at radius 1 is 1.40 bits per heavy atom. The number of halogens is 1. The first-order valence-corrected chi connectivity index (χ1v) is 8.99. The van der Waals surface area contributed by atoms with Crippen LogP contribution >= 0.6 is 11.6 Å². The highest BCUT2D eigenvalue weighted by Gasteiger charge is 2.40. The van der Waals surface area contributed by atoms with Gasteiger partial charge in [0.25, 0.3) is 0 Å². The summed E-state index contributed by atoms with van der Waals surface area (Å²) < 4.78 is 12.8. The van der Waals surface area contributed by atoms with E-state index in [4.69, 9.17) is 11.6 Å². The predicted octanol–water partition coefficient (Wildman–Crippen LogP) is 3.76. The zero-order valence-electron chi connectivity index (χ0n) is 12.5. The van der Waals surface area contributed by atoms with Crippen molar-refractivity contribution in [1.82, 2.24) is 5.32 Å². The van der Waals surface area contributed by atoms with Crippen molar-refractivity contribution in [2.45, 2.75) is 50.2 Å². The third kappa shape index (κ3) is 3.44. The van der Waals surface area contributed by atoms with Crippen LogP contribution in [0.3, 0.4) is 0 Å². The molecular formula is C16H24ClNOS. The average Bonchev–Trinajstić information content (AvgIpc) is 2.40.